The number of hydrogen-bond donors (Lipinski definition) is 1. The first-order valence-electron chi connectivity index (χ1n) is 11.3. The zero-order chi connectivity index (χ0) is 23.9. The van der Waals surface area contributed by atoms with E-state index in [2.05, 4.69) is 10.1 Å². The van der Waals surface area contributed by atoms with E-state index in [1.54, 1.807) is 12.1 Å². The molecule has 2 atom stereocenters. The summed E-state index contributed by atoms with van der Waals surface area (Å²) in [5.74, 6) is 0.475. The fourth-order valence-corrected chi connectivity index (χ4v) is 4.15. The number of aliphatic hydroxyl groups excluding tert-OH is 1. The van der Waals surface area contributed by atoms with Crippen molar-refractivity contribution in [3.8, 4) is 5.75 Å². The van der Waals surface area contributed by atoms with E-state index in [1.807, 2.05) is 55.5 Å². The zero-order valence-electron chi connectivity index (χ0n) is 19.0. The number of oxime groups is 1. The number of hydrogen-bond acceptors (Lipinski definition) is 5. The molecule has 0 aliphatic carbocycles. The summed E-state index contributed by atoms with van der Waals surface area (Å²) in [5.41, 5.74) is 3.61. The van der Waals surface area contributed by atoms with Gasteiger partial charge in [0, 0.05) is 31.1 Å². The Balaban J connectivity index is 1.39. The number of halogens is 2. The van der Waals surface area contributed by atoms with Crippen molar-refractivity contribution in [2.75, 3.05) is 19.7 Å². The summed E-state index contributed by atoms with van der Waals surface area (Å²) in [5, 5.41) is 15.6. The molecule has 0 unspecified atom stereocenters. The average molecular weight is 483 g/mol. The first-order chi connectivity index (χ1) is 16.5. The molecule has 0 bridgehead atoms. The Labute approximate surface area is 204 Å². The van der Waals surface area contributed by atoms with Crippen LogP contribution in [0.5, 0.6) is 5.75 Å². The van der Waals surface area contributed by atoms with Crippen LogP contribution in [0.15, 0.2) is 78.0 Å². The lowest BCUT2D eigenvalue weighted by Crippen LogP contribution is -2.39. The average Bonchev–Trinajstić information content (AvgIpc) is 3.29. The van der Waals surface area contributed by atoms with E-state index in [9.17, 15) is 9.50 Å². The van der Waals surface area contributed by atoms with E-state index in [4.69, 9.17) is 21.2 Å². The van der Waals surface area contributed by atoms with E-state index in [-0.39, 0.29) is 18.5 Å². The van der Waals surface area contributed by atoms with E-state index < -0.39 is 6.10 Å². The smallest absolute Gasteiger partial charge is 0.145 e. The third-order valence-electron chi connectivity index (χ3n) is 5.72. The Kier molecular flexibility index (Phi) is 8.16. The quantitative estimate of drug-likeness (QED) is 0.430. The zero-order valence-corrected chi connectivity index (χ0v) is 19.8. The van der Waals surface area contributed by atoms with Gasteiger partial charge in [-0.05, 0) is 47.9 Å². The van der Waals surface area contributed by atoms with Gasteiger partial charge in [-0.3, -0.25) is 4.90 Å². The lowest BCUT2D eigenvalue weighted by Gasteiger charge is -2.27. The predicted octanol–water partition coefficient (Wildman–Crippen LogP) is 5.22. The summed E-state index contributed by atoms with van der Waals surface area (Å²) >= 11 is 6.40. The van der Waals surface area contributed by atoms with E-state index in [0.29, 0.717) is 31.1 Å². The molecular weight excluding hydrogens is 455 g/mol. The van der Waals surface area contributed by atoms with Crippen LogP contribution < -0.4 is 4.74 Å². The SMILES string of the molecule is Cc1ccccc1OC[C@@H](O)CN(Cc1ccccc1Cl)C[C@@H]1CC(c2ccc(F)cc2)=NO1. The van der Waals surface area contributed by atoms with Crippen LogP contribution in [0.3, 0.4) is 0 Å². The van der Waals surface area contributed by atoms with E-state index >= 15 is 0 Å². The molecule has 5 nitrogen and oxygen atoms in total. The van der Waals surface area contributed by atoms with Gasteiger partial charge in [0.2, 0.25) is 0 Å². The van der Waals surface area contributed by atoms with Crippen LogP contribution in [-0.2, 0) is 11.4 Å². The highest BCUT2D eigenvalue weighted by molar-refractivity contribution is 6.31. The summed E-state index contributed by atoms with van der Waals surface area (Å²) < 4.78 is 19.1. The van der Waals surface area contributed by atoms with Crippen LogP contribution in [0.25, 0.3) is 0 Å². The maximum atomic E-state index is 13.3. The molecule has 1 N–H and O–H groups in total. The normalized spacial score (nSPS) is 16.3. The van der Waals surface area contributed by atoms with Crippen molar-refractivity contribution in [1.82, 2.24) is 4.90 Å². The van der Waals surface area contributed by atoms with Crippen LogP contribution in [0.4, 0.5) is 4.39 Å². The summed E-state index contributed by atoms with van der Waals surface area (Å²) in [4.78, 5) is 7.78. The Bertz CT molecular complexity index is 1120. The Morgan fingerprint density at radius 1 is 1.12 bits per heavy atom. The van der Waals surface area contributed by atoms with Gasteiger partial charge in [0.1, 0.15) is 30.4 Å². The van der Waals surface area contributed by atoms with Crippen molar-refractivity contribution in [2.45, 2.75) is 32.1 Å². The topological polar surface area (TPSA) is 54.3 Å². The second-order valence-electron chi connectivity index (χ2n) is 8.49. The van der Waals surface area contributed by atoms with Gasteiger partial charge in [0.15, 0.2) is 0 Å². The second-order valence-corrected chi connectivity index (χ2v) is 8.90. The molecular formula is C27H28ClFN2O3. The number of nitrogens with zero attached hydrogens (tertiary/aromatic N) is 2. The van der Waals surface area contributed by atoms with Gasteiger partial charge in [-0.2, -0.15) is 0 Å². The monoisotopic (exact) mass is 482 g/mol. The van der Waals surface area contributed by atoms with Crippen LogP contribution in [-0.4, -0.2) is 47.6 Å². The lowest BCUT2D eigenvalue weighted by molar-refractivity contribution is 0.0212. The van der Waals surface area contributed by atoms with Crippen LogP contribution in [0, 0.1) is 12.7 Å². The molecule has 0 saturated carbocycles. The van der Waals surface area contributed by atoms with Crippen LogP contribution in [0.2, 0.25) is 5.02 Å². The van der Waals surface area contributed by atoms with E-state index in [0.717, 1.165) is 28.2 Å². The maximum absolute atomic E-state index is 13.3. The Hall–Kier alpha value is -2.93. The standard InChI is InChI=1S/C27H28ClFN2O3/c1-19-6-2-5-9-27(19)33-18-23(32)16-31(15-21-7-3-4-8-25(21)28)17-24-14-26(30-34-24)20-10-12-22(29)13-11-20/h2-13,23-24,32H,14-18H2,1H3/t23-,24-/m0/s1. The Morgan fingerprint density at radius 3 is 2.62 bits per heavy atom. The number of para-hydroxylation sites is 1. The number of rotatable bonds is 10. The minimum atomic E-state index is -0.707. The molecule has 178 valence electrons. The molecule has 0 aromatic heterocycles. The van der Waals surface area contributed by atoms with Crippen molar-refractivity contribution in [1.29, 1.82) is 0 Å². The Morgan fingerprint density at radius 2 is 1.85 bits per heavy atom. The van der Waals surface area contributed by atoms with Crippen molar-refractivity contribution in [3.05, 3.63) is 100 Å². The minimum absolute atomic E-state index is 0.173. The molecule has 1 heterocycles. The molecule has 0 radical (unpaired) electrons. The fourth-order valence-electron chi connectivity index (χ4n) is 3.95. The predicted molar refractivity (Wildman–Crippen MR) is 132 cm³/mol. The molecule has 0 fully saturated rings. The molecule has 3 aromatic rings. The highest BCUT2D eigenvalue weighted by atomic mass is 35.5. The molecule has 7 heteroatoms. The van der Waals surface area contributed by atoms with Gasteiger partial charge >= 0.3 is 0 Å². The second kappa shape index (κ2) is 11.5. The largest absolute Gasteiger partial charge is 0.491 e. The first kappa shape index (κ1) is 24.2. The third-order valence-corrected chi connectivity index (χ3v) is 6.09. The van der Waals surface area contributed by atoms with Gasteiger partial charge < -0.3 is 14.7 Å². The highest BCUT2D eigenvalue weighted by Gasteiger charge is 2.26. The fraction of sp³-hybridized carbons (Fsp3) is 0.296. The number of benzene rings is 3. The van der Waals surface area contributed by atoms with Crippen molar-refractivity contribution >= 4 is 17.3 Å². The van der Waals surface area contributed by atoms with Gasteiger partial charge in [-0.1, -0.05) is 65.3 Å². The van der Waals surface area contributed by atoms with Crippen LogP contribution >= 0.6 is 11.6 Å². The summed E-state index contributed by atoms with van der Waals surface area (Å²) in [6.45, 7) is 3.62. The molecule has 0 spiro atoms. The molecule has 4 rings (SSSR count). The van der Waals surface area contributed by atoms with Crippen molar-refractivity contribution in [2.24, 2.45) is 5.16 Å². The molecule has 1 aliphatic heterocycles. The van der Waals surface area contributed by atoms with Crippen molar-refractivity contribution < 1.29 is 19.1 Å². The van der Waals surface area contributed by atoms with Crippen LogP contribution in [0.1, 0.15) is 23.1 Å². The maximum Gasteiger partial charge on any atom is 0.145 e. The van der Waals surface area contributed by atoms with Gasteiger partial charge in [-0.15, -0.1) is 0 Å². The molecule has 0 saturated heterocycles. The van der Waals surface area contributed by atoms with Gasteiger partial charge in [0.05, 0.1) is 5.71 Å². The molecule has 0 amide bonds. The first-order valence-corrected chi connectivity index (χ1v) is 11.7. The number of aryl methyl sites for hydroxylation is 1. The third kappa shape index (κ3) is 6.56. The number of aliphatic hydroxyl groups is 1. The molecule has 3 aromatic carbocycles. The number of ether oxygens (including phenoxy) is 1. The lowest BCUT2D eigenvalue weighted by atomic mass is 10.0. The molecule has 34 heavy (non-hydrogen) atoms. The summed E-state index contributed by atoms with van der Waals surface area (Å²) in [6, 6.07) is 21.6. The van der Waals surface area contributed by atoms with Gasteiger partial charge in [0.25, 0.3) is 0 Å². The van der Waals surface area contributed by atoms with Gasteiger partial charge in [-0.25, -0.2) is 4.39 Å². The van der Waals surface area contributed by atoms with E-state index in [1.165, 1.54) is 12.1 Å². The summed E-state index contributed by atoms with van der Waals surface area (Å²) in [6.07, 6.45) is -0.298. The minimum Gasteiger partial charge on any atom is -0.491 e. The highest BCUT2D eigenvalue weighted by Crippen LogP contribution is 2.22. The summed E-state index contributed by atoms with van der Waals surface area (Å²) in [7, 11) is 0. The van der Waals surface area contributed by atoms with Crippen molar-refractivity contribution in [3.63, 3.8) is 0 Å². The molecule has 1 aliphatic rings.